The van der Waals surface area contributed by atoms with E-state index in [1.807, 2.05) is 35.4 Å². The van der Waals surface area contributed by atoms with E-state index in [1.54, 1.807) is 0 Å². The molecule has 1 saturated heterocycles. The lowest BCUT2D eigenvalue weighted by Gasteiger charge is -2.43. The summed E-state index contributed by atoms with van der Waals surface area (Å²) in [6, 6.07) is 55.8. The van der Waals surface area contributed by atoms with Crippen LogP contribution < -0.4 is 0 Å². The van der Waals surface area contributed by atoms with Crippen molar-refractivity contribution < 1.29 is 14.5 Å². The molecule has 6 rings (SSSR count). The second-order valence-electron chi connectivity index (χ2n) is 21.3. The van der Waals surface area contributed by atoms with E-state index in [0.717, 1.165) is 12.0 Å². The van der Waals surface area contributed by atoms with Gasteiger partial charge in [0.05, 0.1) is 29.6 Å². The fourth-order valence-corrected chi connectivity index (χ4v) is 9.24. The summed E-state index contributed by atoms with van der Waals surface area (Å²) in [7, 11) is 0. The minimum absolute atomic E-state index is 0.0135. The van der Waals surface area contributed by atoms with Gasteiger partial charge in [0.25, 0.3) is 0 Å². The molecule has 6 unspecified atom stereocenters. The molecule has 1 aliphatic rings. The third kappa shape index (κ3) is 15.4. The standard InChI is InChI=1S/C22H31NO.C21H29NO.C17H24N2O/c1-17(2)23(24-18(3)19-13-9-7-10-14-19)21(22(4,5)6)20-15-11-8-12-16-20;1-16(2)21(20-14-10-7-11-15-20)22(17(3)4)23-18(5)19-12-8-6-9-13-19;1-13(14-9-7-6-8-10-14)20-19-16(2,3)11-15(12-18)17(19,4)5/h7-18,21H,1-6H3;6-18,21H,1-5H3;6-10,13,15H,11H2,1-5H3. The summed E-state index contributed by atoms with van der Waals surface area (Å²) in [6.45, 7) is 34.9. The van der Waals surface area contributed by atoms with Gasteiger partial charge in [-0.15, -0.1) is 0 Å². The van der Waals surface area contributed by atoms with Gasteiger partial charge in [-0.1, -0.05) is 186 Å². The van der Waals surface area contributed by atoms with Crippen LogP contribution in [0, 0.1) is 28.6 Å². The second-order valence-corrected chi connectivity index (χ2v) is 21.3. The molecule has 0 aromatic heterocycles. The molecule has 5 aromatic rings. The van der Waals surface area contributed by atoms with Crippen molar-refractivity contribution in [3.63, 3.8) is 0 Å². The summed E-state index contributed by atoms with van der Waals surface area (Å²) in [5, 5.41) is 15.7. The van der Waals surface area contributed by atoms with Crippen LogP contribution in [0.2, 0.25) is 0 Å². The Hall–Kier alpha value is -4.65. The maximum absolute atomic E-state index is 9.37. The van der Waals surface area contributed by atoms with Gasteiger partial charge in [-0.05, 0) is 122 Å². The van der Waals surface area contributed by atoms with E-state index in [2.05, 4.69) is 248 Å². The third-order valence-corrected chi connectivity index (χ3v) is 12.7. The van der Waals surface area contributed by atoms with E-state index in [9.17, 15) is 5.26 Å². The number of rotatable bonds is 16. The molecule has 0 aliphatic carbocycles. The molecule has 1 fully saturated rings. The molecule has 0 amide bonds. The monoisotopic (exact) mass is 909 g/mol. The van der Waals surface area contributed by atoms with Crippen molar-refractivity contribution in [3.8, 4) is 6.07 Å². The van der Waals surface area contributed by atoms with E-state index >= 15 is 0 Å². The molecule has 1 heterocycles. The molecule has 0 radical (unpaired) electrons. The molecule has 1 aliphatic heterocycles. The molecular formula is C60H84N4O3. The fraction of sp³-hybridized carbons (Fsp3) is 0.483. The number of nitrogens with zero attached hydrogens (tertiary/aromatic N) is 4. The zero-order valence-electron chi connectivity index (χ0n) is 43.9. The summed E-state index contributed by atoms with van der Waals surface area (Å²) >= 11 is 0. The largest absolute Gasteiger partial charge is 0.290 e. The van der Waals surface area contributed by atoms with Crippen molar-refractivity contribution in [2.75, 3.05) is 0 Å². The summed E-state index contributed by atoms with van der Waals surface area (Å²) < 4.78 is 0. The molecule has 7 heteroatoms. The van der Waals surface area contributed by atoms with Gasteiger partial charge in [-0.3, -0.25) is 14.5 Å². The van der Waals surface area contributed by atoms with Crippen molar-refractivity contribution in [2.45, 2.75) is 171 Å². The van der Waals surface area contributed by atoms with E-state index < -0.39 is 0 Å². The summed E-state index contributed by atoms with van der Waals surface area (Å²) in [5.41, 5.74) is 5.79. The highest BCUT2D eigenvalue weighted by Gasteiger charge is 2.53. The van der Waals surface area contributed by atoms with E-state index in [-0.39, 0.29) is 58.8 Å². The van der Waals surface area contributed by atoms with Gasteiger partial charge in [0.1, 0.15) is 18.3 Å². The molecule has 0 saturated carbocycles. The van der Waals surface area contributed by atoms with Crippen molar-refractivity contribution >= 4 is 0 Å². The van der Waals surface area contributed by atoms with Crippen molar-refractivity contribution in [3.05, 3.63) is 179 Å². The van der Waals surface area contributed by atoms with Gasteiger partial charge < -0.3 is 0 Å². The van der Waals surface area contributed by atoms with Crippen LogP contribution in [0.15, 0.2) is 152 Å². The van der Waals surface area contributed by atoms with Crippen molar-refractivity contribution in [1.29, 1.82) is 5.26 Å². The van der Waals surface area contributed by atoms with Crippen LogP contribution in [0.3, 0.4) is 0 Å². The summed E-state index contributed by atoms with van der Waals surface area (Å²) in [5.74, 6) is 0.447. The number of hydrogen-bond acceptors (Lipinski definition) is 7. The van der Waals surface area contributed by atoms with Gasteiger partial charge in [0, 0.05) is 17.6 Å². The zero-order chi connectivity index (χ0) is 49.5. The first-order valence-electron chi connectivity index (χ1n) is 24.6. The summed E-state index contributed by atoms with van der Waals surface area (Å²) in [6.07, 6.45) is 0.857. The predicted octanol–water partition coefficient (Wildman–Crippen LogP) is 16.0. The fourth-order valence-electron chi connectivity index (χ4n) is 9.24. The lowest BCUT2D eigenvalue weighted by molar-refractivity contribution is -0.270. The van der Waals surface area contributed by atoms with Gasteiger partial charge in [-0.2, -0.15) is 20.5 Å². The Labute approximate surface area is 406 Å². The minimum atomic E-state index is -0.276. The van der Waals surface area contributed by atoms with Crippen molar-refractivity contribution in [1.82, 2.24) is 15.2 Å². The van der Waals surface area contributed by atoms with Gasteiger partial charge in [-0.25, -0.2) is 0 Å². The average Bonchev–Trinajstić information content (AvgIpc) is 3.48. The Kier molecular flexibility index (Phi) is 20.6. The van der Waals surface area contributed by atoms with Crippen LogP contribution in [0.25, 0.3) is 0 Å². The first kappa shape index (κ1) is 55.0. The van der Waals surface area contributed by atoms with Crippen LogP contribution in [-0.4, -0.2) is 38.4 Å². The number of benzene rings is 5. The van der Waals surface area contributed by atoms with Gasteiger partial charge in [0.15, 0.2) is 0 Å². The Morgan fingerprint density at radius 3 is 1.19 bits per heavy atom. The molecule has 0 bridgehead atoms. The summed E-state index contributed by atoms with van der Waals surface area (Å²) in [4.78, 5) is 19.1. The topological polar surface area (TPSA) is 61.2 Å². The number of hydroxylamine groups is 6. The molecule has 6 atom stereocenters. The van der Waals surface area contributed by atoms with Crippen LogP contribution in [0.4, 0.5) is 0 Å². The maximum atomic E-state index is 9.37. The Bertz CT molecular complexity index is 2170. The smallest absolute Gasteiger partial charge is 0.102 e. The van der Waals surface area contributed by atoms with E-state index in [4.69, 9.17) is 14.5 Å². The molecular weight excluding hydrogens is 825 g/mol. The first-order chi connectivity index (χ1) is 31.6. The molecule has 362 valence electrons. The predicted molar refractivity (Wildman–Crippen MR) is 278 cm³/mol. The highest BCUT2D eigenvalue weighted by atomic mass is 16.7. The molecule has 7 nitrogen and oxygen atoms in total. The molecule has 67 heavy (non-hydrogen) atoms. The van der Waals surface area contributed by atoms with Crippen LogP contribution in [0.1, 0.15) is 175 Å². The third-order valence-electron chi connectivity index (χ3n) is 12.7. The Morgan fingerprint density at radius 1 is 0.522 bits per heavy atom. The number of hydrogen-bond donors (Lipinski definition) is 0. The van der Waals surface area contributed by atoms with E-state index in [0.29, 0.717) is 12.0 Å². The van der Waals surface area contributed by atoms with Crippen molar-refractivity contribution in [2.24, 2.45) is 17.3 Å². The van der Waals surface area contributed by atoms with E-state index in [1.165, 1.54) is 22.3 Å². The van der Waals surface area contributed by atoms with Crippen LogP contribution in [-0.2, 0) is 14.5 Å². The van der Waals surface area contributed by atoms with Crippen LogP contribution in [0.5, 0.6) is 0 Å². The minimum Gasteiger partial charge on any atom is -0.290 e. The van der Waals surface area contributed by atoms with Crippen LogP contribution >= 0.6 is 0 Å². The SMILES string of the molecule is CC(ON(C(C)C)C(c1ccccc1)C(C)(C)C)c1ccccc1.CC(ON(C(C)C)C(c1ccccc1)C(C)C)c1ccccc1.CC(ON1C(C)(C)CC(C#N)C1(C)C)c1ccccc1. The molecule has 5 aromatic carbocycles. The lowest BCUT2D eigenvalue weighted by atomic mass is 9.81. The quantitative estimate of drug-likeness (QED) is 0.0914. The molecule has 0 N–H and O–H groups in total. The lowest BCUT2D eigenvalue weighted by Crippen LogP contribution is -2.49. The Balaban J connectivity index is 0.000000220. The second kappa shape index (κ2) is 25.1. The zero-order valence-corrected chi connectivity index (χ0v) is 43.9. The van der Waals surface area contributed by atoms with Gasteiger partial charge >= 0.3 is 0 Å². The molecule has 0 spiro atoms. The Morgan fingerprint density at radius 2 is 0.866 bits per heavy atom. The first-order valence-corrected chi connectivity index (χ1v) is 24.6. The highest BCUT2D eigenvalue weighted by molar-refractivity contribution is 5.23. The van der Waals surface area contributed by atoms with Gasteiger partial charge in [0.2, 0.25) is 0 Å². The average molecular weight is 909 g/mol. The number of nitriles is 1. The maximum Gasteiger partial charge on any atom is 0.102 e. The normalized spacial score (nSPS) is 18.1. The highest BCUT2D eigenvalue weighted by Crippen LogP contribution is 2.46.